The van der Waals surface area contributed by atoms with Gasteiger partial charge in [-0.25, -0.2) is 0 Å². The average Bonchev–Trinajstić information content (AvgIpc) is 2.93. The molecule has 5 nitrogen and oxygen atoms in total. The highest BCUT2D eigenvalue weighted by Gasteiger charge is 2.31. The van der Waals surface area contributed by atoms with E-state index in [1.54, 1.807) is 25.3 Å². The van der Waals surface area contributed by atoms with Gasteiger partial charge < -0.3 is 14.0 Å². The predicted molar refractivity (Wildman–Crippen MR) is 123 cm³/mol. The first-order valence-corrected chi connectivity index (χ1v) is 14.2. The van der Waals surface area contributed by atoms with Crippen molar-refractivity contribution in [1.29, 1.82) is 10.7 Å². The predicted octanol–water partition coefficient (Wildman–Crippen LogP) is 6.90. The molecule has 0 spiro atoms. The first-order chi connectivity index (χ1) is 13.3. The topological polar surface area (TPSA) is 71.0 Å². The second kappa shape index (κ2) is 9.46. The van der Waals surface area contributed by atoms with Gasteiger partial charge in [-0.2, -0.15) is 5.26 Å². The van der Waals surface area contributed by atoms with Crippen molar-refractivity contribution in [2.45, 2.75) is 49.2 Å². The van der Waals surface area contributed by atoms with Crippen LogP contribution in [-0.2, 0) is 16.2 Å². The first kappa shape index (κ1) is 24.3. The van der Waals surface area contributed by atoms with E-state index in [2.05, 4.69) is 25.7 Å². The van der Waals surface area contributed by atoms with Gasteiger partial charge in [0.2, 0.25) is 5.90 Å². The second-order valence-electron chi connectivity index (χ2n) is 7.95. The maximum atomic E-state index is 9.54. The number of hydrogen-bond acceptors (Lipinski definition) is 4. The van der Waals surface area contributed by atoms with Gasteiger partial charge in [-0.15, -0.1) is 0 Å². The average molecular weight is 495 g/mol. The Labute approximate surface area is 191 Å². The third-order valence-electron chi connectivity index (χ3n) is 4.30. The van der Waals surface area contributed by atoms with Crippen molar-refractivity contribution in [3.05, 3.63) is 34.5 Å². The molecular formula is C19H23Cl4N3O2Si. The Kier molecular flexibility index (Phi) is 7.94. The van der Waals surface area contributed by atoms with Crippen LogP contribution in [-0.4, -0.2) is 28.9 Å². The number of nitrogens with one attached hydrogen (secondary N) is 1. The van der Waals surface area contributed by atoms with Gasteiger partial charge in [0, 0.05) is 36.8 Å². The Morgan fingerprint density at radius 1 is 1.31 bits per heavy atom. The lowest BCUT2D eigenvalue weighted by atomic mass is 10.1. The fourth-order valence-corrected chi connectivity index (χ4v) is 3.90. The fraction of sp³-hybridized carbons (Fsp3) is 0.474. The minimum Gasteiger partial charge on any atom is -0.470 e. The van der Waals surface area contributed by atoms with Crippen LogP contribution in [0.4, 0.5) is 0 Å². The van der Waals surface area contributed by atoms with Crippen molar-refractivity contribution < 1.29 is 9.47 Å². The summed E-state index contributed by atoms with van der Waals surface area (Å²) in [6, 6.07) is 6.68. The number of nitriles is 1. The molecule has 0 aliphatic carbocycles. The van der Waals surface area contributed by atoms with Crippen molar-refractivity contribution in [2.24, 2.45) is 0 Å². The van der Waals surface area contributed by atoms with Gasteiger partial charge in [0.25, 0.3) is 3.79 Å². The Bertz CT molecular complexity index is 942. The highest BCUT2D eigenvalue weighted by atomic mass is 35.6. The molecule has 1 unspecified atom stereocenters. The number of nitrogens with zero attached hydrogens (tertiary/aromatic N) is 2. The smallest absolute Gasteiger partial charge is 0.265 e. The Hall–Kier alpha value is -0.943. The first-order valence-electron chi connectivity index (χ1n) is 8.96. The molecule has 1 N–H and O–H groups in total. The molecule has 0 radical (unpaired) electrons. The number of ether oxygens (including phenoxy) is 2. The van der Waals surface area contributed by atoms with E-state index in [4.69, 9.17) is 61.3 Å². The van der Waals surface area contributed by atoms with Gasteiger partial charge in [0.15, 0.2) is 0 Å². The van der Waals surface area contributed by atoms with Gasteiger partial charge in [-0.3, -0.25) is 5.41 Å². The molecule has 0 saturated heterocycles. The van der Waals surface area contributed by atoms with Gasteiger partial charge in [-0.1, -0.05) is 66.0 Å². The van der Waals surface area contributed by atoms with E-state index in [9.17, 15) is 5.26 Å². The number of benzene rings is 1. The van der Waals surface area contributed by atoms with E-state index < -0.39 is 23.9 Å². The Balaban J connectivity index is 2.40. The highest BCUT2D eigenvalue weighted by molar-refractivity contribution is 6.76. The lowest BCUT2D eigenvalue weighted by Crippen LogP contribution is -2.23. The summed E-state index contributed by atoms with van der Waals surface area (Å²) < 4.78 is 11.3. The van der Waals surface area contributed by atoms with E-state index in [-0.39, 0.29) is 6.73 Å². The van der Waals surface area contributed by atoms with Gasteiger partial charge in [-0.05, 0) is 25.1 Å². The van der Waals surface area contributed by atoms with Crippen LogP contribution < -0.4 is 0 Å². The summed E-state index contributed by atoms with van der Waals surface area (Å²) in [4.78, 5) is 0. The van der Waals surface area contributed by atoms with Gasteiger partial charge in [0.1, 0.15) is 18.9 Å². The molecule has 0 aliphatic rings. The summed E-state index contributed by atoms with van der Waals surface area (Å²) in [5.41, 5.74) is 1.88. The standard InChI is InChI=1S/C19H23Cl4N3O2Si/c1-12(28-18(25)19(21,22)23)15-7-14(20)8-16-13(9-24)10-26(17(15)16)11-27-5-6-29(2,3)4/h7-8,10,12,25H,5-6,11H2,1-4H3. The van der Waals surface area contributed by atoms with Crippen molar-refractivity contribution in [1.82, 2.24) is 4.57 Å². The minimum absolute atomic E-state index is 0.284. The van der Waals surface area contributed by atoms with E-state index in [0.717, 1.165) is 11.6 Å². The van der Waals surface area contributed by atoms with Crippen LogP contribution in [0.2, 0.25) is 30.7 Å². The van der Waals surface area contributed by atoms with Gasteiger partial charge >= 0.3 is 0 Å². The third kappa shape index (κ3) is 6.52. The third-order valence-corrected chi connectivity index (χ3v) is 6.74. The second-order valence-corrected chi connectivity index (χ2v) is 16.3. The number of alkyl halides is 3. The molecule has 10 heteroatoms. The van der Waals surface area contributed by atoms with Crippen LogP contribution in [0, 0.1) is 16.7 Å². The number of aromatic nitrogens is 1. The zero-order chi connectivity index (χ0) is 22.0. The molecule has 0 bridgehead atoms. The summed E-state index contributed by atoms with van der Waals surface area (Å²) in [5, 5.41) is 18.5. The van der Waals surface area contributed by atoms with Crippen molar-refractivity contribution in [3.8, 4) is 6.07 Å². The SMILES string of the molecule is CC(OC(=N)C(Cl)(Cl)Cl)c1cc(Cl)cc2c(C#N)cn(COCC[Si](C)(C)C)c12. The van der Waals surface area contributed by atoms with Crippen molar-refractivity contribution in [2.75, 3.05) is 6.61 Å². The molecule has 29 heavy (non-hydrogen) atoms. The molecule has 0 fully saturated rings. The minimum atomic E-state index is -1.97. The lowest BCUT2D eigenvalue weighted by Gasteiger charge is -2.21. The zero-order valence-corrected chi connectivity index (χ0v) is 20.7. The molecule has 1 atom stereocenters. The molecule has 0 aliphatic heterocycles. The molecule has 1 aromatic carbocycles. The maximum absolute atomic E-state index is 9.54. The van der Waals surface area contributed by atoms with E-state index in [1.165, 1.54) is 0 Å². The number of fused-ring (bicyclic) bond motifs is 1. The maximum Gasteiger partial charge on any atom is 0.265 e. The van der Waals surface area contributed by atoms with Crippen LogP contribution in [0.1, 0.15) is 24.2 Å². The summed E-state index contributed by atoms with van der Waals surface area (Å²) in [7, 11) is -1.21. The quantitative estimate of drug-likeness (QED) is 0.149. The van der Waals surface area contributed by atoms with E-state index in [1.807, 2.05) is 4.57 Å². The Morgan fingerprint density at radius 3 is 2.52 bits per heavy atom. The molecule has 158 valence electrons. The Morgan fingerprint density at radius 2 is 1.97 bits per heavy atom. The van der Waals surface area contributed by atoms with Gasteiger partial charge in [0.05, 0.1) is 11.1 Å². The number of halogens is 4. The molecular weight excluding hydrogens is 472 g/mol. The van der Waals surface area contributed by atoms with Crippen molar-refractivity contribution in [3.63, 3.8) is 0 Å². The van der Waals surface area contributed by atoms with Crippen LogP contribution >= 0.6 is 46.4 Å². The highest BCUT2D eigenvalue weighted by Crippen LogP contribution is 2.36. The molecule has 1 heterocycles. The van der Waals surface area contributed by atoms with Crippen LogP contribution in [0.15, 0.2) is 18.3 Å². The van der Waals surface area contributed by atoms with Crippen LogP contribution in [0.3, 0.4) is 0 Å². The molecule has 2 aromatic rings. The molecule has 1 aromatic heterocycles. The normalized spacial score (nSPS) is 13.3. The van der Waals surface area contributed by atoms with Crippen LogP contribution in [0.25, 0.3) is 10.9 Å². The summed E-state index contributed by atoms with van der Waals surface area (Å²) in [6.45, 7) is 9.51. The fourth-order valence-electron chi connectivity index (χ4n) is 2.79. The number of hydrogen-bond donors (Lipinski definition) is 1. The molecule has 2 rings (SSSR count). The van der Waals surface area contributed by atoms with E-state index >= 15 is 0 Å². The zero-order valence-electron chi connectivity index (χ0n) is 16.7. The number of rotatable bonds is 7. The monoisotopic (exact) mass is 493 g/mol. The van der Waals surface area contributed by atoms with Crippen molar-refractivity contribution >= 4 is 71.3 Å². The summed E-state index contributed by atoms with van der Waals surface area (Å²) in [5.74, 6) is -0.492. The summed E-state index contributed by atoms with van der Waals surface area (Å²) >= 11 is 23.5. The summed E-state index contributed by atoms with van der Waals surface area (Å²) in [6.07, 6.45) is 1.09. The molecule has 0 amide bonds. The van der Waals surface area contributed by atoms with Crippen LogP contribution in [0.5, 0.6) is 0 Å². The lowest BCUT2D eigenvalue weighted by molar-refractivity contribution is 0.0898. The largest absolute Gasteiger partial charge is 0.470 e. The van der Waals surface area contributed by atoms with E-state index in [0.29, 0.717) is 28.1 Å². The molecule has 0 saturated carbocycles.